The van der Waals surface area contributed by atoms with E-state index in [1.165, 1.54) is 28.1 Å². The van der Waals surface area contributed by atoms with Crippen LogP contribution in [0, 0.1) is 0 Å². The van der Waals surface area contributed by atoms with Gasteiger partial charge in [0.05, 0.1) is 15.5 Å². The molecule has 8 heteroatoms. The average molecular weight is 448 g/mol. The van der Waals surface area contributed by atoms with E-state index in [0.29, 0.717) is 26.2 Å². The Kier molecular flexibility index (Phi) is 6.43. The minimum Gasteiger partial charge on any atom is -0.336 e. The van der Waals surface area contributed by atoms with Gasteiger partial charge in [0.2, 0.25) is 10.0 Å². The molecule has 4 rings (SSSR count). The van der Waals surface area contributed by atoms with Crippen LogP contribution < -0.4 is 0 Å². The van der Waals surface area contributed by atoms with Crippen molar-refractivity contribution < 1.29 is 13.2 Å². The average Bonchev–Trinajstić information content (AvgIpc) is 3.31. The first-order valence-corrected chi connectivity index (χ1v) is 12.1. The SMILES string of the molecule is O=C(c1cc(S(=O)(=O)N2CCCC2)ccc1Cl)N1CCN(Cc2ccccc2)CC1. The van der Waals surface area contributed by atoms with Gasteiger partial charge in [-0.1, -0.05) is 41.9 Å². The van der Waals surface area contributed by atoms with Gasteiger partial charge in [-0.15, -0.1) is 0 Å². The van der Waals surface area contributed by atoms with Gasteiger partial charge in [-0.2, -0.15) is 4.31 Å². The number of carbonyl (C=O) groups excluding carboxylic acids is 1. The third-order valence-corrected chi connectivity index (χ3v) is 8.00. The quantitative estimate of drug-likeness (QED) is 0.706. The molecule has 0 unspecified atom stereocenters. The van der Waals surface area contributed by atoms with Crippen molar-refractivity contribution in [2.75, 3.05) is 39.3 Å². The smallest absolute Gasteiger partial charge is 0.255 e. The lowest BCUT2D eigenvalue weighted by atomic mass is 10.1. The Morgan fingerprint density at radius 2 is 1.57 bits per heavy atom. The molecular formula is C22H26ClN3O3S. The zero-order valence-electron chi connectivity index (χ0n) is 16.8. The van der Waals surface area contributed by atoms with Crippen molar-refractivity contribution in [3.63, 3.8) is 0 Å². The Hall–Kier alpha value is -1.93. The molecule has 2 heterocycles. The fraction of sp³-hybridized carbons (Fsp3) is 0.409. The number of benzene rings is 2. The van der Waals surface area contributed by atoms with E-state index in [9.17, 15) is 13.2 Å². The molecule has 0 radical (unpaired) electrons. The Morgan fingerprint density at radius 1 is 0.900 bits per heavy atom. The van der Waals surface area contributed by atoms with E-state index in [1.54, 1.807) is 4.90 Å². The number of hydrogen-bond donors (Lipinski definition) is 0. The van der Waals surface area contributed by atoms with E-state index in [2.05, 4.69) is 17.0 Å². The highest BCUT2D eigenvalue weighted by molar-refractivity contribution is 7.89. The van der Waals surface area contributed by atoms with Gasteiger partial charge in [0.25, 0.3) is 5.91 Å². The van der Waals surface area contributed by atoms with E-state index < -0.39 is 10.0 Å². The topological polar surface area (TPSA) is 60.9 Å². The summed E-state index contributed by atoms with van der Waals surface area (Å²) in [6, 6.07) is 14.7. The monoisotopic (exact) mass is 447 g/mol. The molecule has 0 spiro atoms. The zero-order chi connectivity index (χ0) is 21.1. The van der Waals surface area contributed by atoms with Gasteiger partial charge in [-0.05, 0) is 36.6 Å². The maximum Gasteiger partial charge on any atom is 0.255 e. The summed E-state index contributed by atoms with van der Waals surface area (Å²) in [5.74, 6) is -0.210. The van der Waals surface area contributed by atoms with Crippen molar-refractivity contribution in [1.82, 2.24) is 14.1 Å². The molecule has 2 fully saturated rings. The molecule has 30 heavy (non-hydrogen) atoms. The van der Waals surface area contributed by atoms with Crippen LogP contribution >= 0.6 is 11.6 Å². The van der Waals surface area contributed by atoms with Crippen molar-refractivity contribution in [2.45, 2.75) is 24.3 Å². The predicted octanol–water partition coefficient (Wildman–Crippen LogP) is 3.08. The first-order chi connectivity index (χ1) is 14.4. The van der Waals surface area contributed by atoms with Crippen LogP contribution in [-0.4, -0.2) is 67.7 Å². The van der Waals surface area contributed by atoms with Crippen LogP contribution in [-0.2, 0) is 16.6 Å². The van der Waals surface area contributed by atoms with Crippen LogP contribution in [0.5, 0.6) is 0 Å². The van der Waals surface area contributed by atoms with Gasteiger partial charge in [0, 0.05) is 45.8 Å². The van der Waals surface area contributed by atoms with E-state index >= 15 is 0 Å². The van der Waals surface area contributed by atoms with Gasteiger partial charge >= 0.3 is 0 Å². The van der Waals surface area contributed by atoms with Crippen molar-refractivity contribution >= 4 is 27.5 Å². The summed E-state index contributed by atoms with van der Waals surface area (Å²) in [5, 5.41) is 0.284. The fourth-order valence-electron chi connectivity index (χ4n) is 4.03. The lowest BCUT2D eigenvalue weighted by Crippen LogP contribution is -2.48. The first-order valence-electron chi connectivity index (χ1n) is 10.3. The predicted molar refractivity (Wildman–Crippen MR) is 117 cm³/mol. The molecule has 1 amide bonds. The van der Waals surface area contributed by atoms with Crippen LogP contribution in [0.25, 0.3) is 0 Å². The second kappa shape index (κ2) is 9.06. The summed E-state index contributed by atoms with van der Waals surface area (Å²) >= 11 is 6.29. The lowest BCUT2D eigenvalue weighted by molar-refractivity contribution is 0.0628. The minimum absolute atomic E-state index is 0.139. The Morgan fingerprint density at radius 3 is 2.23 bits per heavy atom. The third kappa shape index (κ3) is 4.54. The van der Waals surface area contributed by atoms with Crippen LogP contribution in [0.15, 0.2) is 53.4 Å². The molecule has 0 atom stereocenters. The normalized spacial score (nSPS) is 18.6. The van der Waals surface area contributed by atoms with Gasteiger partial charge in [0.15, 0.2) is 0 Å². The van der Waals surface area contributed by atoms with Crippen LogP contribution in [0.3, 0.4) is 0 Å². The van der Waals surface area contributed by atoms with Crippen LogP contribution in [0.4, 0.5) is 0 Å². The lowest BCUT2D eigenvalue weighted by Gasteiger charge is -2.35. The summed E-state index contributed by atoms with van der Waals surface area (Å²) in [7, 11) is -3.59. The molecular weight excluding hydrogens is 422 g/mol. The summed E-state index contributed by atoms with van der Waals surface area (Å²) in [4.78, 5) is 17.3. The van der Waals surface area contributed by atoms with E-state index in [-0.39, 0.29) is 21.4 Å². The molecule has 0 N–H and O–H groups in total. The highest BCUT2D eigenvalue weighted by Crippen LogP contribution is 2.26. The number of nitrogens with zero attached hydrogens (tertiary/aromatic N) is 3. The molecule has 0 aliphatic carbocycles. The molecule has 6 nitrogen and oxygen atoms in total. The van der Waals surface area contributed by atoms with Crippen LogP contribution in [0.2, 0.25) is 5.02 Å². The number of carbonyl (C=O) groups is 1. The molecule has 0 saturated carbocycles. The molecule has 2 aliphatic rings. The zero-order valence-corrected chi connectivity index (χ0v) is 18.4. The Labute approximate surface area is 183 Å². The van der Waals surface area contributed by atoms with Crippen molar-refractivity contribution in [3.05, 3.63) is 64.7 Å². The number of hydrogen-bond acceptors (Lipinski definition) is 4. The maximum absolute atomic E-state index is 13.1. The van der Waals surface area contributed by atoms with Crippen molar-refractivity contribution in [3.8, 4) is 0 Å². The highest BCUT2D eigenvalue weighted by Gasteiger charge is 2.30. The molecule has 0 aromatic heterocycles. The summed E-state index contributed by atoms with van der Waals surface area (Å²) in [6.45, 7) is 4.62. The molecule has 2 aromatic carbocycles. The second-order valence-corrected chi connectivity index (χ2v) is 10.2. The van der Waals surface area contributed by atoms with E-state index in [1.807, 2.05) is 18.2 Å². The standard InChI is InChI=1S/C22H26ClN3O3S/c23-21-9-8-19(30(28,29)26-10-4-5-11-26)16-20(21)22(27)25-14-12-24(13-15-25)17-18-6-2-1-3-7-18/h1-3,6-9,16H,4-5,10-15,17H2. The van der Waals surface area contributed by atoms with Gasteiger partial charge in [-0.3, -0.25) is 9.69 Å². The molecule has 2 aliphatic heterocycles. The molecule has 0 bridgehead atoms. The van der Waals surface area contributed by atoms with Gasteiger partial charge in [-0.25, -0.2) is 8.42 Å². The minimum atomic E-state index is -3.59. The molecule has 2 aromatic rings. The fourth-order valence-corrected chi connectivity index (χ4v) is 5.77. The number of piperazine rings is 1. The van der Waals surface area contributed by atoms with Crippen molar-refractivity contribution in [1.29, 1.82) is 0 Å². The first kappa shape index (κ1) is 21.3. The Balaban J connectivity index is 1.45. The van der Waals surface area contributed by atoms with Gasteiger partial charge < -0.3 is 4.90 Å². The molecule has 2 saturated heterocycles. The summed E-state index contributed by atoms with van der Waals surface area (Å²) in [5.41, 5.74) is 1.51. The maximum atomic E-state index is 13.1. The summed E-state index contributed by atoms with van der Waals surface area (Å²) in [6.07, 6.45) is 1.73. The van der Waals surface area contributed by atoms with Crippen molar-refractivity contribution in [2.24, 2.45) is 0 Å². The largest absolute Gasteiger partial charge is 0.336 e. The second-order valence-electron chi connectivity index (χ2n) is 7.81. The van der Waals surface area contributed by atoms with E-state index in [4.69, 9.17) is 11.6 Å². The van der Waals surface area contributed by atoms with E-state index in [0.717, 1.165) is 32.5 Å². The number of halogens is 1. The number of amides is 1. The van der Waals surface area contributed by atoms with Crippen LogP contribution in [0.1, 0.15) is 28.8 Å². The Bertz CT molecular complexity index is 1000. The van der Waals surface area contributed by atoms with Gasteiger partial charge in [0.1, 0.15) is 0 Å². The highest BCUT2D eigenvalue weighted by atomic mass is 35.5. The third-order valence-electron chi connectivity index (χ3n) is 5.78. The number of sulfonamides is 1. The molecule has 160 valence electrons. The summed E-state index contributed by atoms with van der Waals surface area (Å²) < 4.78 is 27.2. The number of rotatable bonds is 5.